The second kappa shape index (κ2) is 6.91. The molecule has 2 amide bonds. The molecule has 0 bridgehead atoms. The first-order valence-corrected chi connectivity index (χ1v) is 7.65. The molecule has 26 heavy (non-hydrogen) atoms. The van der Waals surface area contributed by atoms with Crippen LogP contribution in [0.25, 0.3) is 10.9 Å². The van der Waals surface area contributed by atoms with Crippen LogP contribution in [0.15, 0.2) is 54.7 Å². The largest absolute Gasteiger partial charge is 0.416 e. The molecule has 3 aromatic rings. The van der Waals surface area contributed by atoms with Gasteiger partial charge in [-0.05, 0) is 42.5 Å². The van der Waals surface area contributed by atoms with E-state index in [-0.39, 0.29) is 5.69 Å². The maximum absolute atomic E-state index is 12.7. The summed E-state index contributed by atoms with van der Waals surface area (Å²) in [4.78, 5) is 26.9. The third-order valence-corrected chi connectivity index (χ3v) is 3.63. The lowest BCUT2D eigenvalue weighted by Gasteiger charge is -2.10. The number of aromatic nitrogens is 1. The van der Waals surface area contributed by atoms with Gasteiger partial charge in [0.2, 0.25) is 11.8 Å². The topological polar surface area (TPSA) is 74.0 Å². The maximum atomic E-state index is 12.7. The number of carbonyl (C=O) groups is 2. The van der Waals surface area contributed by atoms with Crippen molar-refractivity contribution < 1.29 is 22.8 Å². The minimum absolute atomic E-state index is 0.0219. The zero-order chi connectivity index (χ0) is 18.7. The Balaban J connectivity index is 1.60. The molecule has 3 N–H and O–H groups in total. The van der Waals surface area contributed by atoms with Gasteiger partial charge in [0.05, 0.1) is 5.56 Å². The van der Waals surface area contributed by atoms with Gasteiger partial charge in [-0.2, -0.15) is 13.2 Å². The van der Waals surface area contributed by atoms with E-state index in [9.17, 15) is 22.8 Å². The number of carbonyl (C=O) groups excluding carboxylic acids is 2. The fourth-order valence-corrected chi connectivity index (χ4v) is 2.46. The fraction of sp³-hybridized carbons (Fsp3) is 0.111. The highest BCUT2D eigenvalue weighted by molar-refractivity contribution is 6.08. The molecule has 0 saturated heterocycles. The number of hydrogen-bond acceptors (Lipinski definition) is 2. The first-order chi connectivity index (χ1) is 12.3. The van der Waals surface area contributed by atoms with E-state index < -0.39 is 30.0 Å². The second-order valence-corrected chi connectivity index (χ2v) is 5.63. The molecule has 8 heteroatoms. The van der Waals surface area contributed by atoms with Crippen molar-refractivity contribution in [3.63, 3.8) is 0 Å². The van der Waals surface area contributed by atoms with E-state index in [0.29, 0.717) is 5.69 Å². The summed E-state index contributed by atoms with van der Waals surface area (Å²) in [5.74, 6) is -1.27. The van der Waals surface area contributed by atoms with Crippen molar-refractivity contribution in [2.24, 2.45) is 0 Å². The van der Waals surface area contributed by atoms with Gasteiger partial charge in [0, 0.05) is 28.5 Å². The number of rotatable bonds is 4. The van der Waals surface area contributed by atoms with Crippen LogP contribution in [0.3, 0.4) is 0 Å². The zero-order valence-electron chi connectivity index (χ0n) is 13.4. The molecular weight excluding hydrogens is 347 g/mol. The van der Waals surface area contributed by atoms with Crippen LogP contribution in [-0.4, -0.2) is 16.8 Å². The van der Waals surface area contributed by atoms with Crippen molar-refractivity contribution in [3.05, 3.63) is 60.3 Å². The van der Waals surface area contributed by atoms with E-state index >= 15 is 0 Å². The number of amides is 2. The van der Waals surface area contributed by atoms with Crippen LogP contribution in [0, 0.1) is 0 Å². The molecule has 2 aromatic carbocycles. The van der Waals surface area contributed by atoms with Gasteiger partial charge < -0.3 is 15.6 Å². The summed E-state index contributed by atoms with van der Waals surface area (Å²) in [5, 5.41) is 5.77. The zero-order valence-corrected chi connectivity index (χ0v) is 13.4. The summed E-state index contributed by atoms with van der Waals surface area (Å²) in [6, 6.07) is 11.3. The Morgan fingerprint density at radius 2 is 1.62 bits per heavy atom. The van der Waals surface area contributed by atoms with Crippen molar-refractivity contribution in [2.75, 3.05) is 10.6 Å². The summed E-state index contributed by atoms with van der Waals surface area (Å²) in [6.07, 6.45) is -3.25. The predicted molar refractivity (Wildman–Crippen MR) is 91.6 cm³/mol. The number of H-pyrrole nitrogens is 1. The summed E-state index contributed by atoms with van der Waals surface area (Å²) in [5.41, 5.74) is 0.533. The number of alkyl halides is 3. The Morgan fingerprint density at radius 1 is 0.923 bits per heavy atom. The summed E-state index contributed by atoms with van der Waals surface area (Å²) < 4.78 is 38.0. The van der Waals surface area contributed by atoms with Crippen molar-refractivity contribution in [1.82, 2.24) is 4.98 Å². The van der Waals surface area contributed by atoms with Crippen molar-refractivity contribution in [3.8, 4) is 0 Å². The maximum Gasteiger partial charge on any atom is 0.416 e. The highest BCUT2D eigenvalue weighted by Gasteiger charge is 2.30. The van der Waals surface area contributed by atoms with Gasteiger partial charge in [0.25, 0.3) is 0 Å². The Kier molecular flexibility index (Phi) is 4.66. The first-order valence-electron chi connectivity index (χ1n) is 7.65. The third-order valence-electron chi connectivity index (χ3n) is 3.63. The quantitative estimate of drug-likeness (QED) is 0.611. The van der Waals surface area contributed by atoms with E-state index in [1.807, 2.05) is 6.07 Å². The molecule has 0 fully saturated rings. The van der Waals surface area contributed by atoms with Gasteiger partial charge in [0.15, 0.2) is 0 Å². The van der Waals surface area contributed by atoms with E-state index in [2.05, 4.69) is 15.6 Å². The molecule has 0 saturated carbocycles. The van der Waals surface area contributed by atoms with Gasteiger partial charge in [-0.3, -0.25) is 9.59 Å². The lowest BCUT2D eigenvalue weighted by Crippen LogP contribution is -2.21. The van der Waals surface area contributed by atoms with E-state index in [0.717, 1.165) is 23.0 Å². The summed E-state index contributed by atoms with van der Waals surface area (Å²) >= 11 is 0. The molecule has 134 valence electrons. The van der Waals surface area contributed by atoms with Crippen LogP contribution < -0.4 is 10.6 Å². The van der Waals surface area contributed by atoms with Gasteiger partial charge in [-0.1, -0.05) is 6.07 Å². The molecule has 0 atom stereocenters. The number of benzene rings is 2. The Hall–Kier alpha value is -3.29. The molecule has 0 spiro atoms. The fourth-order valence-electron chi connectivity index (χ4n) is 2.46. The Labute approximate surface area is 146 Å². The molecule has 0 radical (unpaired) electrons. The molecule has 0 aliphatic heterocycles. The molecule has 3 rings (SSSR count). The summed E-state index contributed by atoms with van der Waals surface area (Å²) in [6.45, 7) is 0. The van der Waals surface area contributed by atoms with E-state index in [1.165, 1.54) is 12.1 Å². The monoisotopic (exact) mass is 361 g/mol. The highest BCUT2D eigenvalue weighted by atomic mass is 19.4. The van der Waals surface area contributed by atoms with Gasteiger partial charge in [-0.25, -0.2) is 0 Å². The molecule has 1 heterocycles. The average molecular weight is 361 g/mol. The van der Waals surface area contributed by atoms with Gasteiger partial charge in [0.1, 0.15) is 6.42 Å². The van der Waals surface area contributed by atoms with Crippen molar-refractivity contribution >= 4 is 34.1 Å². The predicted octanol–water partition coefficient (Wildman–Crippen LogP) is 4.15. The minimum atomic E-state index is -4.50. The molecule has 0 aliphatic rings. The van der Waals surface area contributed by atoms with Crippen LogP contribution in [0.2, 0.25) is 0 Å². The summed E-state index contributed by atoms with van der Waals surface area (Å²) in [7, 11) is 0. The van der Waals surface area contributed by atoms with Crippen LogP contribution >= 0.6 is 0 Å². The first kappa shape index (κ1) is 17.5. The standard InChI is InChI=1S/C18H14F3N3O2/c19-18(20,21)12-2-1-3-13(9-12)23-16(25)10-17(26)24-14-4-5-15-11(8-14)6-7-22-15/h1-9,22H,10H2,(H,23,25)(H,24,26). The molecule has 0 unspecified atom stereocenters. The van der Waals surface area contributed by atoms with Gasteiger partial charge in [-0.15, -0.1) is 0 Å². The van der Waals surface area contributed by atoms with Crippen LogP contribution in [0.5, 0.6) is 0 Å². The minimum Gasteiger partial charge on any atom is -0.361 e. The van der Waals surface area contributed by atoms with Crippen molar-refractivity contribution in [2.45, 2.75) is 12.6 Å². The van der Waals surface area contributed by atoms with Crippen LogP contribution in [0.4, 0.5) is 24.5 Å². The highest BCUT2D eigenvalue weighted by Crippen LogP contribution is 2.30. The SMILES string of the molecule is O=C(CC(=O)Nc1ccc2[nH]ccc2c1)Nc1cccc(C(F)(F)F)c1. The number of halogens is 3. The number of aromatic amines is 1. The third kappa shape index (κ3) is 4.21. The smallest absolute Gasteiger partial charge is 0.361 e. The lowest BCUT2D eigenvalue weighted by molar-refractivity contribution is -0.137. The number of nitrogens with one attached hydrogen (secondary N) is 3. The number of hydrogen-bond donors (Lipinski definition) is 3. The second-order valence-electron chi connectivity index (χ2n) is 5.63. The van der Waals surface area contributed by atoms with E-state index in [1.54, 1.807) is 24.4 Å². The van der Waals surface area contributed by atoms with Crippen molar-refractivity contribution in [1.29, 1.82) is 0 Å². The average Bonchev–Trinajstić information content (AvgIpc) is 3.01. The normalized spacial score (nSPS) is 11.3. The van der Waals surface area contributed by atoms with Crippen LogP contribution in [0.1, 0.15) is 12.0 Å². The number of anilines is 2. The van der Waals surface area contributed by atoms with Gasteiger partial charge >= 0.3 is 6.18 Å². The molecule has 1 aromatic heterocycles. The Bertz CT molecular complexity index is 963. The van der Waals surface area contributed by atoms with E-state index in [4.69, 9.17) is 0 Å². The Morgan fingerprint density at radius 3 is 2.31 bits per heavy atom. The molecule has 5 nitrogen and oxygen atoms in total. The van der Waals surface area contributed by atoms with Crippen LogP contribution in [-0.2, 0) is 15.8 Å². The number of fused-ring (bicyclic) bond motifs is 1. The molecule has 0 aliphatic carbocycles. The molecular formula is C18H14F3N3O2. The lowest BCUT2D eigenvalue weighted by atomic mass is 10.2.